The molecule has 2 heterocycles. The average Bonchev–Trinajstić information content (AvgIpc) is 2.83. The van der Waals surface area contributed by atoms with Crippen molar-refractivity contribution >= 4 is 43.0 Å². The van der Waals surface area contributed by atoms with Crippen molar-refractivity contribution in [3.8, 4) is 0 Å². The van der Waals surface area contributed by atoms with E-state index in [-0.39, 0.29) is 6.04 Å². The van der Waals surface area contributed by atoms with E-state index in [4.69, 9.17) is 11.6 Å². The van der Waals surface area contributed by atoms with E-state index in [9.17, 15) is 8.42 Å². The Morgan fingerprint density at radius 3 is 3.00 bits per heavy atom. The van der Waals surface area contributed by atoms with Crippen molar-refractivity contribution < 1.29 is 8.42 Å². The number of fused-ring (bicyclic) bond motifs is 1. The molecule has 108 valence electrons. The molecule has 1 saturated heterocycles. The summed E-state index contributed by atoms with van der Waals surface area (Å²) in [5.74, 6) is 0. The standard InChI is InChI=1S/C13H15ClN2O2S2/c14-9-3-4-12-11(6-9)13(8-19-12)20(17,18)16-10-2-1-5-15-7-10/h3-4,6,8,10,15-16H,1-2,5,7H2. The fourth-order valence-corrected chi connectivity index (χ4v) is 5.34. The number of benzene rings is 1. The van der Waals surface area contributed by atoms with Gasteiger partial charge in [0.05, 0.1) is 0 Å². The maximum atomic E-state index is 12.5. The molecule has 2 aromatic rings. The van der Waals surface area contributed by atoms with Crippen LogP contribution in [0.15, 0.2) is 28.5 Å². The van der Waals surface area contributed by atoms with Gasteiger partial charge in [0.25, 0.3) is 0 Å². The van der Waals surface area contributed by atoms with Crippen LogP contribution in [-0.4, -0.2) is 27.5 Å². The third kappa shape index (κ3) is 2.84. The second-order valence-electron chi connectivity index (χ2n) is 4.90. The highest BCUT2D eigenvalue weighted by Crippen LogP contribution is 2.31. The third-order valence-corrected chi connectivity index (χ3v) is 6.32. The van der Waals surface area contributed by atoms with Crippen LogP contribution < -0.4 is 10.0 Å². The Hall–Kier alpha value is -0.660. The summed E-state index contributed by atoms with van der Waals surface area (Å²) in [5.41, 5.74) is 0. The van der Waals surface area contributed by atoms with Gasteiger partial charge in [0.2, 0.25) is 10.0 Å². The lowest BCUT2D eigenvalue weighted by Gasteiger charge is -2.23. The monoisotopic (exact) mass is 330 g/mol. The molecule has 1 atom stereocenters. The van der Waals surface area contributed by atoms with E-state index in [1.165, 1.54) is 11.3 Å². The van der Waals surface area contributed by atoms with Gasteiger partial charge >= 0.3 is 0 Å². The van der Waals surface area contributed by atoms with E-state index in [2.05, 4.69) is 10.0 Å². The van der Waals surface area contributed by atoms with Gasteiger partial charge in [-0.1, -0.05) is 11.6 Å². The summed E-state index contributed by atoms with van der Waals surface area (Å²) in [6.45, 7) is 1.64. The molecule has 1 aromatic carbocycles. The largest absolute Gasteiger partial charge is 0.315 e. The molecule has 3 rings (SSSR count). The van der Waals surface area contributed by atoms with Crippen LogP contribution in [-0.2, 0) is 10.0 Å². The number of nitrogens with one attached hydrogen (secondary N) is 2. The minimum atomic E-state index is -3.50. The first-order valence-corrected chi connectivity index (χ1v) is 9.20. The molecule has 1 aliphatic rings. The van der Waals surface area contributed by atoms with E-state index in [0.717, 1.165) is 24.1 Å². The molecule has 0 radical (unpaired) electrons. The normalized spacial score (nSPS) is 20.4. The van der Waals surface area contributed by atoms with Gasteiger partial charge in [-0.2, -0.15) is 0 Å². The zero-order valence-electron chi connectivity index (χ0n) is 10.7. The van der Waals surface area contributed by atoms with Crippen molar-refractivity contribution in [2.75, 3.05) is 13.1 Å². The lowest BCUT2D eigenvalue weighted by atomic mass is 10.1. The lowest BCUT2D eigenvalue weighted by molar-refractivity contribution is 0.429. The number of piperidine rings is 1. The molecule has 7 heteroatoms. The highest BCUT2D eigenvalue weighted by molar-refractivity contribution is 7.90. The highest BCUT2D eigenvalue weighted by Gasteiger charge is 2.24. The maximum absolute atomic E-state index is 12.5. The summed E-state index contributed by atoms with van der Waals surface area (Å²) in [5, 5.41) is 6.12. The molecule has 1 aromatic heterocycles. The number of thiophene rings is 1. The first kappa shape index (κ1) is 14.3. The SMILES string of the molecule is O=S(=O)(NC1CCCNC1)c1csc2ccc(Cl)cc12. The summed E-state index contributed by atoms with van der Waals surface area (Å²) >= 11 is 7.39. The number of hydrogen-bond acceptors (Lipinski definition) is 4. The lowest BCUT2D eigenvalue weighted by Crippen LogP contribution is -2.45. The Labute approximate surface area is 127 Å². The van der Waals surface area contributed by atoms with Gasteiger partial charge in [-0.25, -0.2) is 13.1 Å². The summed E-state index contributed by atoms with van der Waals surface area (Å²) < 4.78 is 28.7. The van der Waals surface area contributed by atoms with E-state index in [0.29, 0.717) is 21.8 Å². The fraction of sp³-hybridized carbons (Fsp3) is 0.385. The van der Waals surface area contributed by atoms with Crippen molar-refractivity contribution in [3.05, 3.63) is 28.6 Å². The Morgan fingerprint density at radius 1 is 1.40 bits per heavy atom. The van der Waals surface area contributed by atoms with Crippen molar-refractivity contribution in [3.63, 3.8) is 0 Å². The fourth-order valence-electron chi connectivity index (χ4n) is 2.42. The van der Waals surface area contributed by atoms with Gasteiger partial charge in [-0.05, 0) is 37.6 Å². The molecule has 4 nitrogen and oxygen atoms in total. The molecule has 1 fully saturated rings. The van der Waals surface area contributed by atoms with Gasteiger partial charge in [0.1, 0.15) is 4.90 Å². The smallest absolute Gasteiger partial charge is 0.242 e. The summed E-state index contributed by atoms with van der Waals surface area (Å²) in [6.07, 6.45) is 1.86. The first-order chi connectivity index (χ1) is 9.56. The van der Waals surface area contributed by atoms with Crippen molar-refractivity contribution in [1.82, 2.24) is 10.0 Å². The molecule has 1 aliphatic heterocycles. The molecular formula is C13H15ClN2O2S2. The number of halogens is 1. The van der Waals surface area contributed by atoms with Gasteiger partial charge in [0.15, 0.2) is 0 Å². The Morgan fingerprint density at radius 2 is 2.25 bits per heavy atom. The van der Waals surface area contributed by atoms with Gasteiger partial charge in [-0.15, -0.1) is 11.3 Å². The molecule has 0 aliphatic carbocycles. The molecule has 0 spiro atoms. The van der Waals surface area contributed by atoms with E-state index in [1.54, 1.807) is 17.5 Å². The van der Waals surface area contributed by atoms with E-state index >= 15 is 0 Å². The zero-order valence-corrected chi connectivity index (χ0v) is 13.1. The first-order valence-electron chi connectivity index (χ1n) is 6.46. The van der Waals surface area contributed by atoms with Crippen LogP contribution in [0.2, 0.25) is 5.02 Å². The number of hydrogen-bond donors (Lipinski definition) is 2. The van der Waals surface area contributed by atoms with Crippen LogP contribution in [0, 0.1) is 0 Å². The van der Waals surface area contributed by atoms with Crippen LogP contribution in [0.1, 0.15) is 12.8 Å². The number of rotatable bonds is 3. The Bertz CT molecular complexity index is 721. The predicted octanol–water partition coefficient (Wildman–Crippen LogP) is 2.59. The van der Waals surface area contributed by atoms with Crippen molar-refractivity contribution in [2.45, 2.75) is 23.8 Å². The summed E-state index contributed by atoms with van der Waals surface area (Å²) in [4.78, 5) is 0.325. The summed E-state index contributed by atoms with van der Waals surface area (Å²) in [7, 11) is -3.50. The van der Waals surface area contributed by atoms with Crippen LogP contribution in [0.4, 0.5) is 0 Å². The minimum absolute atomic E-state index is 0.0390. The zero-order chi connectivity index (χ0) is 14.2. The Kier molecular flexibility index (Phi) is 4.01. The van der Waals surface area contributed by atoms with Gasteiger partial charge < -0.3 is 5.32 Å². The molecule has 20 heavy (non-hydrogen) atoms. The second-order valence-corrected chi connectivity index (χ2v) is 7.94. The van der Waals surface area contributed by atoms with Crippen molar-refractivity contribution in [1.29, 1.82) is 0 Å². The average molecular weight is 331 g/mol. The van der Waals surface area contributed by atoms with Crippen LogP contribution >= 0.6 is 22.9 Å². The molecule has 0 bridgehead atoms. The van der Waals surface area contributed by atoms with E-state index < -0.39 is 10.0 Å². The van der Waals surface area contributed by atoms with E-state index in [1.807, 2.05) is 6.07 Å². The van der Waals surface area contributed by atoms with Gasteiger partial charge in [0, 0.05) is 33.1 Å². The summed E-state index contributed by atoms with van der Waals surface area (Å²) in [6, 6.07) is 5.29. The molecular weight excluding hydrogens is 316 g/mol. The van der Waals surface area contributed by atoms with Crippen LogP contribution in [0.5, 0.6) is 0 Å². The highest BCUT2D eigenvalue weighted by atomic mass is 35.5. The molecule has 0 amide bonds. The van der Waals surface area contributed by atoms with Gasteiger partial charge in [-0.3, -0.25) is 0 Å². The minimum Gasteiger partial charge on any atom is -0.315 e. The van der Waals surface area contributed by atoms with Crippen LogP contribution in [0.25, 0.3) is 10.1 Å². The molecule has 2 N–H and O–H groups in total. The quantitative estimate of drug-likeness (QED) is 0.909. The Balaban J connectivity index is 1.94. The number of sulfonamides is 1. The maximum Gasteiger partial charge on any atom is 0.242 e. The van der Waals surface area contributed by atoms with Crippen molar-refractivity contribution in [2.24, 2.45) is 0 Å². The predicted molar refractivity (Wildman–Crippen MR) is 83.0 cm³/mol. The topological polar surface area (TPSA) is 58.2 Å². The molecule has 1 unspecified atom stereocenters. The third-order valence-electron chi connectivity index (χ3n) is 3.41. The second kappa shape index (κ2) is 5.61. The molecule has 0 saturated carbocycles. The van der Waals surface area contributed by atoms with Crippen LogP contribution in [0.3, 0.4) is 0 Å².